The summed E-state index contributed by atoms with van der Waals surface area (Å²) in [5, 5.41) is 29.0. The number of aliphatic carboxylic acids is 3. The number of carbonyl (C=O) groups is 6. The molecule has 0 amide bonds. The SMILES string of the molecule is CC(=O)CC(=O)[O-].CCCC(=O)CC(=O)[O-].CCCC(=O)CC(=O)[O-].[Al+3].[Zr+4]. The van der Waals surface area contributed by atoms with Gasteiger partial charge in [0.15, 0.2) is 0 Å². The van der Waals surface area contributed by atoms with E-state index in [1.54, 1.807) is 0 Å². The summed E-state index contributed by atoms with van der Waals surface area (Å²) in [5.74, 6) is -4.76. The molecule has 0 aliphatic rings. The predicted octanol–water partition coefficient (Wildman–Crippen LogP) is -2.68. The minimum Gasteiger partial charge on any atom is -0.550 e. The van der Waals surface area contributed by atoms with E-state index in [4.69, 9.17) is 0 Å². The van der Waals surface area contributed by atoms with Crippen molar-refractivity contribution in [3.8, 4) is 0 Å². The molecular formula is C16H23AlO9Zr+4. The van der Waals surface area contributed by atoms with Gasteiger partial charge in [0.1, 0.15) is 17.3 Å². The molecule has 0 unspecified atom stereocenters. The van der Waals surface area contributed by atoms with Crippen molar-refractivity contribution in [2.24, 2.45) is 0 Å². The fourth-order valence-electron chi connectivity index (χ4n) is 1.26. The van der Waals surface area contributed by atoms with Crippen LogP contribution in [-0.4, -0.2) is 52.6 Å². The third kappa shape index (κ3) is 45.7. The Balaban J connectivity index is -0.0000000872. The van der Waals surface area contributed by atoms with Gasteiger partial charge in [0.2, 0.25) is 0 Å². The summed E-state index contributed by atoms with van der Waals surface area (Å²) in [6, 6.07) is 0. The Morgan fingerprint density at radius 1 is 0.630 bits per heavy atom. The zero-order valence-corrected chi connectivity index (χ0v) is 19.3. The summed E-state index contributed by atoms with van der Waals surface area (Å²) in [5.41, 5.74) is 0. The van der Waals surface area contributed by atoms with Crippen LogP contribution in [-0.2, 0) is 55.0 Å². The molecule has 0 aromatic carbocycles. The van der Waals surface area contributed by atoms with Crippen molar-refractivity contribution in [2.75, 3.05) is 0 Å². The van der Waals surface area contributed by atoms with Crippen LogP contribution in [0.25, 0.3) is 0 Å². The zero-order chi connectivity index (χ0) is 20.4. The van der Waals surface area contributed by atoms with Gasteiger partial charge in [-0.1, -0.05) is 13.8 Å². The van der Waals surface area contributed by atoms with Gasteiger partial charge in [0.05, 0.1) is 0 Å². The molecule has 9 nitrogen and oxygen atoms in total. The van der Waals surface area contributed by atoms with Crippen molar-refractivity contribution in [1.29, 1.82) is 0 Å². The van der Waals surface area contributed by atoms with Crippen LogP contribution >= 0.6 is 0 Å². The second-order valence-corrected chi connectivity index (χ2v) is 4.93. The standard InChI is InChI=1S/2C6H10O3.C4H6O3.Al.Zr/c2*1-2-3-5(7)4-6(8)9;1-3(5)2-4(6)7;;/h2*2-4H2,1H3,(H,8,9);2H2,1H3,(H,6,7);;/q;;;+3;+4/p-3. The Morgan fingerprint density at radius 2 is 0.889 bits per heavy atom. The molecule has 0 rings (SSSR count). The van der Waals surface area contributed by atoms with Gasteiger partial charge in [-0.3, -0.25) is 14.4 Å². The maximum absolute atomic E-state index is 10.4. The average Bonchev–Trinajstić information content (AvgIpc) is 2.36. The van der Waals surface area contributed by atoms with Crippen LogP contribution in [0.1, 0.15) is 65.7 Å². The summed E-state index contributed by atoms with van der Waals surface area (Å²) in [4.78, 5) is 59.7. The summed E-state index contributed by atoms with van der Waals surface area (Å²) in [6.07, 6.45) is 0.738. The van der Waals surface area contributed by atoms with E-state index < -0.39 is 37.2 Å². The Morgan fingerprint density at radius 3 is 1.00 bits per heavy atom. The van der Waals surface area contributed by atoms with E-state index in [0.29, 0.717) is 25.7 Å². The largest absolute Gasteiger partial charge is 4.00 e. The molecule has 0 aromatic rings. The zero-order valence-electron chi connectivity index (χ0n) is 15.7. The smallest absolute Gasteiger partial charge is 0.550 e. The molecule has 0 aromatic heterocycles. The van der Waals surface area contributed by atoms with E-state index in [1.165, 1.54) is 6.92 Å². The van der Waals surface area contributed by atoms with E-state index in [0.717, 1.165) is 0 Å². The molecular weight excluding hydrogens is 454 g/mol. The number of rotatable bonds is 10. The normalized spacial score (nSPS) is 8.11. The fourth-order valence-corrected chi connectivity index (χ4v) is 1.26. The number of hydrogen-bond donors (Lipinski definition) is 0. The van der Waals surface area contributed by atoms with E-state index in [9.17, 15) is 44.1 Å². The van der Waals surface area contributed by atoms with Crippen molar-refractivity contribution in [1.82, 2.24) is 0 Å². The maximum atomic E-state index is 10.4. The minimum absolute atomic E-state index is 0. The minimum atomic E-state index is -1.31. The molecule has 0 bridgehead atoms. The molecule has 0 atom stereocenters. The van der Waals surface area contributed by atoms with Gasteiger partial charge in [0, 0.05) is 50.0 Å². The topological polar surface area (TPSA) is 172 Å². The first-order valence-corrected chi connectivity index (χ1v) is 7.58. The molecule has 0 spiro atoms. The summed E-state index contributed by atoms with van der Waals surface area (Å²) < 4.78 is 0. The van der Waals surface area contributed by atoms with Gasteiger partial charge in [-0.15, -0.1) is 0 Å². The molecule has 27 heavy (non-hydrogen) atoms. The van der Waals surface area contributed by atoms with Gasteiger partial charge < -0.3 is 29.7 Å². The third-order valence-electron chi connectivity index (χ3n) is 2.13. The van der Waals surface area contributed by atoms with E-state index in [-0.39, 0.29) is 60.9 Å². The second-order valence-electron chi connectivity index (χ2n) is 4.93. The Hall–Kier alpha value is -1.16. The van der Waals surface area contributed by atoms with Crippen LogP contribution in [0.5, 0.6) is 0 Å². The van der Waals surface area contributed by atoms with Gasteiger partial charge in [-0.2, -0.15) is 0 Å². The number of carboxylic acid groups (broad SMARTS) is 3. The van der Waals surface area contributed by atoms with Crippen molar-refractivity contribution >= 4 is 52.6 Å². The average molecular weight is 478 g/mol. The molecule has 0 radical (unpaired) electrons. The van der Waals surface area contributed by atoms with E-state index >= 15 is 0 Å². The van der Waals surface area contributed by atoms with Crippen molar-refractivity contribution < 1.29 is 70.3 Å². The van der Waals surface area contributed by atoms with Crippen LogP contribution in [0, 0.1) is 0 Å². The molecule has 0 aliphatic carbocycles. The van der Waals surface area contributed by atoms with Crippen LogP contribution in [0.4, 0.5) is 0 Å². The summed E-state index contributed by atoms with van der Waals surface area (Å²) in [7, 11) is 0. The quantitative estimate of drug-likeness (QED) is 0.240. The first-order valence-electron chi connectivity index (χ1n) is 7.58. The Kier molecular flexibility index (Phi) is 33.8. The second kappa shape index (κ2) is 24.8. The van der Waals surface area contributed by atoms with Gasteiger partial charge in [0.25, 0.3) is 0 Å². The third-order valence-corrected chi connectivity index (χ3v) is 2.13. The number of hydrogen-bond acceptors (Lipinski definition) is 9. The molecule has 0 saturated carbocycles. The van der Waals surface area contributed by atoms with Crippen LogP contribution in [0.2, 0.25) is 0 Å². The monoisotopic (exact) mass is 476 g/mol. The summed E-state index contributed by atoms with van der Waals surface area (Å²) in [6.45, 7) is 4.86. The molecule has 0 fully saturated rings. The maximum Gasteiger partial charge on any atom is 4.00 e. The number of ketones is 3. The Bertz CT molecular complexity index is 437. The van der Waals surface area contributed by atoms with Crippen LogP contribution < -0.4 is 15.3 Å². The molecule has 0 N–H and O–H groups in total. The van der Waals surface area contributed by atoms with Gasteiger partial charge in [-0.25, -0.2) is 0 Å². The van der Waals surface area contributed by atoms with Crippen molar-refractivity contribution in [3.05, 3.63) is 0 Å². The van der Waals surface area contributed by atoms with Crippen LogP contribution in [0.3, 0.4) is 0 Å². The number of carboxylic acids is 3. The van der Waals surface area contributed by atoms with Crippen LogP contribution in [0.15, 0.2) is 0 Å². The molecule has 0 heterocycles. The molecule has 0 saturated heterocycles. The number of Topliss-reactive ketones (excluding diaryl/α,β-unsaturated/α-hetero) is 3. The molecule has 11 heteroatoms. The van der Waals surface area contributed by atoms with Crippen molar-refractivity contribution in [2.45, 2.75) is 65.7 Å². The predicted molar refractivity (Wildman–Crippen MR) is 85.1 cm³/mol. The van der Waals surface area contributed by atoms with E-state index in [2.05, 4.69) is 0 Å². The molecule has 144 valence electrons. The number of carbonyl (C=O) groups excluding carboxylic acids is 6. The fraction of sp³-hybridized carbons (Fsp3) is 0.625. The van der Waals surface area contributed by atoms with Gasteiger partial charge in [-0.05, 0) is 19.8 Å². The first kappa shape index (κ1) is 36.7. The molecule has 0 aliphatic heterocycles. The van der Waals surface area contributed by atoms with Crippen molar-refractivity contribution in [3.63, 3.8) is 0 Å². The first-order chi connectivity index (χ1) is 11.5. The van der Waals surface area contributed by atoms with E-state index in [1.807, 2.05) is 13.8 Å². The Labute approximate surface area is 188 Å². The van der Waals surface area contributed by atoms with Gasteiger partial charge >= 0.3 is 43.6 Å². The summed E-state index contributed by atoms with van der Waals surface area (Å²) >= 11 is 0.